The monoisotopic (exact) mass is 246 g/mol. The van der Waals surface area contributed by atoms with E-state index in [0.717, 1.165) is 0 Å². The molecule has 72 valence electrons. The van der Waals surface area contributed by atoms with Gasteiger partial charge in [0, 0.05) is 13.1 Å². The van der Waals surface area contributed by atoms with Crippen LogP contribution in [0.5, 0.6) is 0 Å². The maximum absolute atomic E-state index is 10.1. The van der Waals surface area contributed by atoms with Gasteiger partial charge in [0.15, 0.2) is 4.60 Å². The summed E-state index contributed by atoms with van der Waals surface area (Å²) in [6.45, 7) is 0. The van der Waals surface area contributed by atoms with Crippen LogP contribution in [-0.4, -0.2) is 26.1 Å². The van der Waals surface area contributed by atoms with Crippen LogP contribution >= 0.6 is 15.9 Å². The quantitative estimate of drug-likeness (QED) is 0.725. The zero-order valence-electron chi connectivity index (χ0n) is 7.24. The molecule has 0 amide bonds. The fourth-order valence-electron chi connectivity index (χ4n) is 1.83. The Hall–Kier alpha value is -0.460. The summed E-state index contributed by atoms with van der Waals surface area (Å²) in [5, 5.41) is 17.7. The summed E-state index contributed by atoms with van der Waals surface area (Å²) in [4.78, 5) is 0. The molecule has 0 aromatic carbocycles. The minimum absolute atomic E-state index is 0.0896. The lowest BCUT2D eigenvalue weighted by atomic mass is 9.74. The Morgan fingerprint density at radius 1 is 1.69 bits per heavy atom. The molecule has 5 nitrogen and oxygen atoms in total. The molecule has 0 spiro atoms. The summed E-state index contributed by atoms with van der Waals surface area (Å²) >= 11 is 3.25. The molecule has 0 atom stereocenters. The third-order valence-corrected chi connectivity index (χ3v) is 2.96. The number of hydrogen-bond donors (Lipinski definition) is 2. The maximum Gasteiger partial charge on any atom is 0.154 e. The van der Waals surface area contributed by atoms with Gasteiger partial charge in [-0.25, -0.2) is 4.68 Å². The molecule has 1 heterocycles. The molecule has 0 unspecified atom stereocenters. The van der Waals surface area contributed by atoms with E-state index in [1.165, 1.54) is 0 Å². The van der Waals surface area contributed by atoms with Gasteiger partial charge in [-0.1, -0.05) is 5.21 Å². The Morgan fingerprint density at radius 2 is 2.31 bits per heavy atom. The van der Waals surface area contributed by atoms with E-state index in [-0.39, 0.29) is 6.04 Å². The van der Waals surface area contributed by atoms with Crippen LogP contribution in [0, 0.1) is 0 Å². The van der Waals surface area contributed by atoms with Crippen molar-refractivity contribution in [1.29, 1.82) is 0 Å². The molecule has 1 fully saturated rings. The largest absolute Gasteiger partial charge is 0.383 e. The number of aliphatic hydroxyl groups is 1. The third kappa shape index (κ3) is 1.29. The zero-order valence-corrected chi connectivity index (χ0v) is 8.82. The molecular formula is C7H11BrN4O. The van der Waals surface area contributed by atoms with Crippen LogP contribution in [0.3, 0.4) is 0 Å². The molecule has 1 aromatic heterocycles. The van der Waals surface area contributed by atoms with E-state index in [0.29, 0.717) is 23.1 Å². The van der Waals surface area contributed by atoms with Gasteiger partial charge in [0.1, 0.15) is 11.3 Å². The number of nitrogens with zero attached hydrogens (tertiary/aromatic N) is 3. The van der Waals surface area contributed by atoms with Crippen LogP contribution in [0.2, 0.25) is 0 Å². The van der Waals surface area contributed by atoms with Gasteiger partial charge < -0.3 is 10.8 Å². The molecule has 0 saturated heterocycles. The van der Waals surface area contributed by atoms with Crippen LogP contribution < -0.4 is 5.73 Å². The molecule has 1 saturated carbocycles. The van der Waals surface area contributed by atoms with E-state index in [4.69, 9.17) is 5.73 Å². The van der Waals surface area contributed by atoms with Crippen LogP contribution in [0.4, 0.5) is 0 Å². The molecule has 1 aliphatic carbocycles. The molecule has 1 aliphatic rings. The van der Waals surface area contributed by atoms with E-state index in [9.17, 15) is 5.11 Å². The van der Waals surface area contributed by atoms with Crippen molar-refractivity contribution in [3.63, 3.8) is 0 Å². The maximum atomic E-state index is 10.1. The molecule has 3 N–H and O–H groups in total. The highest BCUT2D eigenvalue weighted by molar-refractivity contribution is 9.10. The number of aryl methyl sites for hydroxylation is 1. The van der Waals surface area contributed by atoms with E-state index in [1.807, 2.05) is 0 Å². The second-order valence-corrected chi connectivity index (χ2v) is 4.30. The summed E-state index contributed by atoms with van der Waals surface area (Å²) in [5.41, 5.74) is 5.51. The average Bonchev–Trinajstić information content (AvgIpc) is 2.28. The van der Waals surface area contributed by atoms with Gasteiger partial charge in [-0.3, -0.25) is 0 Å². The van der Waals surface area contributed by atoms with Gasteiger partial charge in [-0.2, -0.15) is 0 Å². The molecule has 2 rings (SSSR count). The minimum Gasteiger partial charge on any atom is -0.383 e. The third-order valence-electron chi connectivity index (χ3n) is 2.43. The van der Waals surface area contributed by atoms with Gasteiger partial charge in [0.2, 0.25) is 0 Å². The summed E-state index contributed by atoms with van der Waals surface area (Å²) < 4.78 is 2.18. The first-order valence-corrected chi connectivity index (χ1v) is 4.86. The van der Waals surface area contributed by atoms with Crippen molar-refractivity contribution >= 4 is 15.9 Å². The van der Waals surface area contributed by atoms with E-state index >= 15 is 0 Å². The lowest BCUT2D eigenvalue weighted by molar-refractivity contribution is -0.0594. The smallest absolute Gasteiger partial charge is 0.154 e. The first kappa shape index (κ1) is 9.11. The molecule has 0 radical (unpaired) electrons. The van der Waals surface area contributed by atoms with Crippen molar-refractivity contribution in [2.24, 2.45) is 12.8 Å². The standard InChI is InChI=1S/C7H11BrN4O/c1-12-5(6(8)10-11-12)7(13)2-4(9)3-7/h4,13H,2-3,9H2,1H3. The van der Waals surface area contributed by atoms with Crippen molar-refractivity contribution in [3.05, 3.63) is 10.3 Å². The van der Waals surface area contributed by atoms with Gasteiger partial charge in [0.25, 0.3) is 0 Å². The Bertz CT molecular complexity index is 312. The van der Waals surface area contributed by atoms with Crippen molar-refractivity contribution in [1.82, 2.24) is 15.0 Å². The average molecular weight is 247 g/mol. The lowest BCUT2D eigenvalue weighted by Gasteiger charge is -2.41. The van der Waals surface area contributed by atoms with E-state index in [1.54, 1.807) is 11.7 Å². The van der Waals surface area contributed by atoms with Gasteiger partial charge in [-0.05, 0) is 28.8 Å². The SMILES string of the molecule is Cn1nnc(Br)c1C1(O)CC(N)C1. The molecule has 1 aromatic rings. The fourth-order valence-corrected chi connectivity index (χ4v) is 2.52. The summed E-state index contributed by atoms with van der Waals surface area (Å²) in [6.07, 6.45) is 1.15. The minimum atomic E-state index is -0.837. The van der Waals surface area contributed by atoms with Crippen molar-refractivity contribution < 1.29 is 5.11 Å². The van der Waals surface area contributed by atoms with Crippen LogP contribution in [-0.2, 0) is 12.6 Å². The number of nitrogens with two attached hydrogens (primary N) is 1. The first-order valence-electron chi connectivity index (χ1n) is 4.06. The Balaban J connectivity index is 2.35. The second kappa shape index (κ2) is 2.76. The molecule has 6 heteroatoms. The fraction of sp³-hybridized carbons (Fsp3) is 0.714. The van der Waals surface area contributed by atoms with Crippen molar-refractivity contribution in [3.8, 4) is 0 Å². The number of rotatable bonds is 1. The second-order valence-electron chi connectivity index (χ2n) is 3.55. The molecule has 13 heavy (non-hydrogen) atoms. The number of halogens is 1. The van der Waals surface area contributed by atoms with Crippen LogP contribution in [0.25, 0.3) is 0 Å². The first-order chi connectivity index (χ1) is 6.03. The molecule has 0 aliphatic heterocycles. The predicted octanol–water partition coefficient (Wildman–Crippen LogP) is -0.114. The van der Waals surface area contributed by atoms with Crippen molar-refractivity contribution in [2.45, 2.75) is 24.5 Å². The highest BCUT2D eigenvalue weighted by Crippen LogP contribution is 2.42. The van der Waals surface area contributed by atoms with Crippen molar-refractivity contribution in [2.75, 3.05) is 0 Å². The van der Waals surface area contributed by atoms with Gasteiger partial charge >= 0.3 is 0 Å². The highest BCUT2D eigenvalue weighted by Gasteiger charge is 2.46. The van der Waals surface area contributed by atoms with Crippen LogP contribution in [0.15, 0.2) is 4.60 Å². The number of hydrogen-bond acceptors (Lipinski definition) is 4. The van der Waals surface area contributed by atoms with Gasteiger partial charge in [0.05, 0.1) is 0 Å². The Labute approximate surface area is 84.0 Å². The van der Waals surface area contributed by atoms with Crippen LogP contribution in [0.1, 0.15) is 18.5 Å². The summed E-state index contributed by atoms with van der Waals surface area (Å²) in [7, 11) is 1.76. The predicted molar refractivity (Wildman–Crippen MR) is 49.8 cm³/mol. The van der Waals surface area contributed by atoms with Gasteiger partial charge in [-0.15, -0.1) is 5.10 Å². The lowest BCUT2D eigenvalue weighted by Crippen LogP contribution is -2.50. The number of aromatic nitrogens is 3. The molecular weight excluding hydrogens is 236 g/mol. The topological polar surface area (TPSA) is 77.0 Å². The highest BCUT2D eigenvalue weighted by atomic mass is 79.9. The van der Waals surface area contributed by atoms with E-state index < -0.39 is 5.60 Å². The Morgan fingerprint density at radius 3 is 2.69 bits per heavy atom. The zero-order chi connectivity index (χ0) is 9.64. The Kier molecular flexibility index (Phi) is 1.94. The summed E-state index contributed by atoms with van der Waals surface area (Å²) in [6, 6.07) is 0.0896. The normalized spacial score (nSPS) is 33.1. The van der Waals surface area contributed by atoms with E-state index in [2.05, 4.69) is 26.2 Å². The summed E-state index contributed by atoms with van der Waals surface area (Å²) in [5.74, 6) is 0. The molecule has 0 bridgehead atoms.